The molecule has 0 saturated heterocycles. The van der Waals surface area contributed by atoms with Crippen molar-refractivity contribution in [1.82, 2.24) is 0 Å². The molecule has 0 saturated carbocycles. The maximum Gasteiger partial charge on any atom is 0.361 e. The van der Waals surface area contributed by atoms with Crippen LogP contribution in [0.3, 0.4) is 0 Å². The lowest BCUT2D eigenvalue weighted by Crippen LogP contribution is -2.40. The van der Waals surface area contributed by atoms with Crippen LogP contribution in [-0.2, 0) is 33.3 Å². The van der Waals surface area contributed by atoms with E-state index in [1.807, 2.05) is 21.1 Å². The van der Waals surface area contributed by atoms with Crippen LogP contribution < -0.4 is 0 Å². The summed E-state index contributed by atoms with van der Waals surface area (Å²) >= 11 is 0. The molecule has 2 unspecified atom stereocenters. The Hall–Kier alpha value is -5.61. The van der Waals surface area contributed by atoms with Gasteiger partial charge in [-0.15, -0.1) is 0 Å². The highest BCUT2D eigenvalue weighted by Gasteiger charge is 2.25. The molecule has 9 nitrogen and oxygen atoms in total. The number of carbonyl (C=O) groups excluding carboxylic acids is 2. The molecule has 1 N–H and O–H groups in total. The van der Waals surface area contributed by atoms with Gasteiger partial charge in [-0.3, -0.25) is 9.59 Å². The molecular weight excluding hydrogens is 1030 g/mol. The van der Waals surface area contributed by atoms with Gasteiger partial charge in [-0.25, -0.2) is 4.79 Å². The van der Waals surface area contributed by atoms with E-state index in [0.29, 0.717) is 23.9 Å². The van der Waals surface area contributed by atoms with Crippen molar-refractivity contribution in [3.63, 3.8) is 0 Å². The molecule has 83 heavy (non-hydrogen) atoms. The van der Waals surface area contributed by atoms with Crippen LogP contribution in [0.2, 0.25) is 0 Å². The van der Waals surface area contributed by atoms with Crippen molar-refractivity contribution in [2.24, 2.45) is 0 Å². The number of hydrogen-bond acceptors (Lipinski definition) is 7. The predicted octanol–water partition coefficient (Wildman–Crippen LogP) is 19.7. The fourth-order valence-corrected chi connectivity index (χ4v) is 7.83. The average Bonchev–Trinajstić information content (AvgIpc) is 3.46. The molecule has 0 spiro atoms. The van der Waals surface area contributed by atoms with Gasteiger partial charge in [0.2, 0.25) is 0 Å². The molecule has 0 radical (unpaired) electrons. The molecule has 9 heteroatoms. The Labute approximate surface area is 507 Å². The second kappa shape index (κ2) is 62.4. The van der Waals surface area contributed by atoms with Gasteiger partial charge in [-0.05, 0) is 135 Å². The number of ether oxygens (including phenoxy) is 4. The normalized spacial score (nSPS) is 14.0. The summed E-state index contributed by atoms with van der Waals surface area (Å²) in [4.78, 5) is 37.5. The van der Waals surface area contributed by atoms with E-state index in [9.17, 15) is 19.5 Å². The molecule has 0 aliphatic heterocycles. The van der Waals surface area contributed by atoms with E-state index in [4.69, 9.17) is 18.9 Å². The second-order valence-electron chi connectivity index (χ2n) is 21.6. The Bertz CT molecular complexity index is 2010. The van der Waals surface area contributed by atoms with Crippen LogP contribution in [0, 0.1) is 0 Å². The summed E-state index contributed by atoms with van der Waals surface area (Å²) in [6.45, 7) is 4.57. The number of esters is 2. The first kappa shape index (κ1) is 77.4. The third-order valence-corrected chi connectivity index (χ3v) is 12.7. The highest BCUT2D eigenvalue weighted by Crippen LogP contribution is 2.14. The number of nitrogens with zero attached hydrogens (tertiary/aromatic N) is 1. The fraction of sp³-hybridized carbons (Fsp3) is 0.554. The van der Waals surface area contributed by atoms with Crippen molar-refractivity contribution in [2.45, 2.75) is 219 Å². The van der Waals surface area contributed by atoms with E-state index in [1.165, 1.54) is 25.7 Å². The monoisotopic (exact) mass is 1150 g/mol. The van der Waals surface area contributed by atoms with Crippen LogP contribution in [-0.4, -0.2) is 87.4 Å². The van der Waals surface area contributed by atoms with Gasteiger partial charge < -0.3 is 28.5 Å². The van der Waals surface area contributed by atoms with Gasteiger partial charge in [0.15, 0.2) is 6.10 Å². The van der Waals surface area contributed by atoms with E-state index in [0.717, 1.165) is 141 Å². The fourth-order valence-electron chi connectivity index (χ4n) is 7.83. The second-order valence-corrected chi connectivity index (χ2v) is 21.6. The standard InChI is InChI=1S/C74H115NO8/c1-6-8-10-12-14-16-18-20-22-24-26-28-30-32-33-34-35-36-37-38-39-41-43-45-47-49-51-53-55-57-59-61-63-65-72(77)83-70(69-82-74(73(78)79)80-67-66-75(3,4)5)68-81-71(76)64-62-60-58-56-54-52-50-48-46-44-42-40-31-29-27-25-23-21-19-17-15-13-11-9-7-2/h8-11,14-17,20-23,26-29,32-33,35-36,38-40,42-43,45-46,48,52,54,70,74H,6-7,12-13,18-19,24-25,30-31,34,37,41,44,47,49-51,53,55-69H2,1-5H3/p+1/b10-8-,11-9-,16-14-,17-15-,22-20-,23-21-,28-26-,29-27-,33-32-,36-35-,39-38-,42-40-,45-43-,48-46-,54-52-. The number of rotatable bonds is 56. The minimum absolute atomic E-state index is 0.169. The molecule has 464 valence electrons. The molecule has 0 aromatic rings. The molecular formula is C74H116NO8+. The Morgan fingerprint density at radius 1 is 0.361 bits per heavy atom. The van der Waals surface area contributed by atoms with E-state index in [1.54, 1.807) is 0 Å². The number of carboxylic acids is 1. The Balaban J connectivity index is 4.33. The minimum Gasteiger partial charge on any atom is -0.477 e. The largest absolute Gasteiger partial charge is 0.477 e. The number of carbonyl (C=O) groups is 3. The summed E-state index contributed by atoms with van der Waals surface area (Å²) in [5, 5.41) is 9.73. The number of hydrogen-bond donors (Lipinski definition) is 1. The van der Waals surface area contributed by atoms with Gasteiger partial charge in [-0.2, -0.15) is 0 Å². The van der Waals surface area contributed by atoms with Gasteiger partial charge in [0.05, 0.1) is 34.4 Å². The average molecular weight is 1150 g/mol. The van der Waals surface area contributed by atoms with Crippen molar-refractivity contribution in [3.05, 3.63) is 182 Å². The number of quaternary nitrogens is 1. The number of likely N-dealkylation sites (N-methyl/N-ethyl adjacent to an activating group) is 1. The quantitative estimate of drug-likeness (QED) is 0.0211. The van der Waals surface area contributed by atoms with Gasteiger partial charge in [0.25, 0.3) is 6.29 Å². The lowest BCUT2D eigenvalue weighted by atomic mass is 10.1. The van der Waals surface area contributed by atoms with Gasteiger partial charge >= 0.3 is 17.9 Å². The molecule has 0 aliphatic carbocycles. The summed E-state index contributed by atoms with van der Waals surface area (Å²) < 4.78 is 22.9. The van der Waals surface area contributed by atoms with Crippen molar-refractivity contribution < 1.29 is 42.9 Å². The zero-order valence-corrected chi connectivity index (χ0v) is 52.8. The highest BCUT2D eigenvalue weighted by atomic mass is 16.7. The molecule has 0 aromatic heterocycles. The first-order valence-electron chi connectivity index (χ1n) is 31.9. The summed E-state index contributed by atoms with van der Waals surface area (Å²) in [5.74, 6) is -2.09. The van der Waals surface area contributed by atoms with Gasteiger partial charge in [0, 0.05) is 12.8 Å². The van der Waals surface area contributed by atoms with E-state index >= 15 is 0 Å². The topological polar surface area (TPSA) is 108 Å². The van der Waals surface area contributed by atoms with Gasteiger partial charge in [0.1, 0.15) is 13.2 Å². The maximum absolute atomic E-state index is 12.9. The SMILES string of the molecule is CC/C=C\C/C=C\C/C=C\C/C=C\C/C=C\C/C=C\C/C=C\C/C=C\CCCCCCCCCCC(=O)OC(COC(=O)CCCCC/C=C\C/C=C\C/C=C\C/C=C\C/C=C\C/C=C\C/C=C\CC)COC(OCC[N+](C)(C)C)C(=O)O. The summed E-state index contributed by atoms with van der Waals surface area (Å²) in [6.07, 6.45) is 92.6. The van der Waals surface area contributed by atoms with E-state index in [2.05, 4.69) is 196 Å². The van der Waals surface area contributed by atoms with E-state index < -0.39 is 24.3 Å². The lowest BCUT2D eigenvalue weighted by Gasteiger charge is -2.25. The molecule has 0 aliphatic rings. The zero-order valence-electron chi connectivity index (χ0n) is 52.8. The van der Waals surface area contributed by atoms with Crippen LogP contribution in [0.15, 0.2) is 182 Å². The maximum atomic E-state index is 12.9. The lowest BCUT2D eigenvalue weighted by molar-refractivity contribution is -0.870. The Morgan fingerprint density at radius 3 is 0.976 bits per heavy atom. The summed E-state index contributed by atoms with van der Waals surface area (Å²) in [7, 11) is 5.94. The molecule has 2 atom stereocenters. The first-order chi connectivity index (χ1) is 40.6. The molecule has 0 rings (SSSR count). The number of aliphatic carboxylic acids is 1. The predicted molar refractivity (Wildman–Crippen MR) is 354 cm³/mol. The van der Waals surface area contributed by atoms with Gasteiger partial charge in [-0.1, -0.05) is 241 Å². The molecule has 0 amide bonds. The minimum atomic E-state index is -1.53. The van der Waals surface area contributed by atoms with Crippen LogP contribution in [0.4, 0.5) is 0 Å². The van der Waals surface area contributed by atoms with E-state index in [-0.39, 0.29) is 38.6 Å². The first-order valence-corrected chi connectivity index (χ1v) is 31.9. The number of allylic oxidation sites excluding steroid dienone is 30. The van der Waals surface area contributed by atoms with Crippen molar-refractivity contribution in [2.75, 3.05) is 47.5 Å². The van der Waals surface area contributed by atoms with Crippen molar-refractivity contribution >= 4 is 17.9 Å². The van der Waals surface area contributed by atoms with Crippen molar-refractivity contribution in [1.29, 1.82) is 0 Å². The summed E-state index contributed by atoms with van der Waals surface area (Å²) in [5.41, 5.74) is 0. The molecule has 0 bridgehead atoms. The summed E-state index contributed by atoms with van der Waals surface area (Å²) in [6, 6.07) is 0. The van der Waals surface area contributed by atoms with Crippen LogP contribution in [0.1, 0.15) is 206 Å². The Morgan fingerprint density at radius 2 is 0.651 bits per heavy atom. The van der Waals surface area contributed by atoms with Crippen LogP contribution in [0.5, 0.6) is 0 Å². The molecule has 0 fully saturated rings. The van der Waals surface area contributed by atoms with Crippen LogP contribution in [0.25, 0.3) is 0 Å². The Kier molecular flexibility index (Phi) is 58.2. The third kappa shape index (κ3) is 63.8. The smallest absolute Gasteiger partial charge is 0.361 e. The molecule has 0 heterocycles. The number of carboxylic acid groups (broad SMARTS) is 1. The van der Waals surface area contributed by atoms with Crippen LogP contribution >= 0.6 is 0 Å². The zero-order chi connectivity index (χ0) is 60.5. The molecule has 0 aromatic carbocycles. The third-order valence-electron chi connectivity index (χ3n) is 12.7. The highest BCUT2D eigenvalue weighted by molar-refractivity contribution is 5.71. The van der Waals surface area contributed by atoms with Crippen molar-refractivity contribution in [3.8, 4) is 0 Å². The number of unbranched alkanes of at least 4 members (excludes halogenated alkanes) is 11.